The van der Waals surface area contributed by atoms with Gasteiger partial charge in [-0.2, -0.15) is 0 Å². The summed E-state index contributed by atoms with van der Waals surface area (Å²) in [5.41, 5.74) is 0.786. The molecule has 94 valence electrons. The molecule has 1 aromatic rings. The monoisotopic (exact) mass is 247 g/mol. The van der Waals surface area contributed by atoms with Gasteiger partial charge in [0.05, 0.1) is 5.69 Å². The van der Waals surface area contributed by atoms with E-state index in [9.17, 15) is 14.4 Å². The van der Waals surface area contributed by atoms with Crippen LogP contribution in [0.3, 0.4) is 0 Å². The molecule has 0 spiro atoms. The number of amides is 1. The molecule has 0 aliphatic heterocycles. The Morgan fingerprint density at radius 1 is 1.22 bits per heavy atom. The summed E-state index contributed by atoms with van der Waals surface area (Å²) in [6.45, 7) is 2.74. The quantitative estimate of drug-likeness (QED) is 0.382. The lowest BCUT2D eigenvalue weighted by atomic mass is 10.2. The molecule has 0 radical (unpaired) electrons. The van der Waals surface area contributed by atoms with Crippen molar-refractivity contribution in [2.24, 2.45) is 0 Å². The Morgan fingerprint density at radius 2 is 1.89 bits per heavy atom. The molecule has 1 amide bonds. The number of hydrogen-bond donors (Lipinski definition) is 1. The highest BCUT2D eigenvalue weighted by molar-refractivity contribution is 6.02. The van der Waals surface area contributed by atoms with E-state index in [0.29, 0.717) is 17.5 Å². The largest absolute Gasteiger partial charge is 0.431 e. The Morgan fingerprint density at radius 3 is 2.50 bits per heavy atom. The molecule has 0 aliphatic rings. The van der Waals surface area contributed by atoms with Crippen molar-refractivity contribution in [2.75, 3.05) is 5.32 Å². The number of para-hydroxylation sites is 1. The van der Waals surface area contributed by atoms with Crippen LogP contribution < -0.4 is 5.32 Å². The minimum Gasteiger partial charge on any atom is -0.431 e. The van der Waals surface area contributed by atoms with Gasteiger partial charge in [0.2, 0.25) is 0 Å². The molecular formula is C13H13NO4. The Kier molecular flexibility index (Phi) is 4.80. The van der Waals surface area contributed by atoms with Gasteiger partial charge in [0.1, 0.15) is 5.76 Å². The van der Waals surface area contributed by atoms with Crippen molar-refractivity contribution < 1.29 is 19.1 Å². The number of aldehydes is 1. The Balaban J connectivity index is 2.76. The molecule has 0 bridgehead atoms. The zero-order valence-electron chi connectivity index (χ0n) is 10.1. The molecule has 5 heteroatoms. The van der Waals surface area contributed by atoms with E-state index in [1.165, 1.54) is 13.8 Å². The van der Waals surface area contributed by atoms with Crippen molar-refractivity contribution in [3.63, 3.8) is 0 Å². The van der Waals surface area contributed by atoms with E-state index in [4.69, 9.17) is 4.74 Å². The topological polar surface area (TPSA) is 72.5 Å². The first-order valence-electron chi connectivity index (χ1n) is 5.25. The van der Waals surface area contributed by atoms with Crippen LogP contribution in [0.1, 0.15) is 24.2 Å². The Bertz CT molecular complexity index is 505. The van der Waals surface area contributed by atoms with Crippen LogP contribution in [0.25, 0.3) is 0 Å². The molecule has 0 saturated heterocycles. The van der Waals surface area contributed by atoms with Crippen molar-refractivity contribution in [2.45, 2.75) is 13.8 Å². The minimum atomic E-state index is -0.496. The Hall–Kier alpha value is -2.43. The smallest absolute Gasteiger partial charge is 0.307 e. The summed E-state index contributed by atoms with van der Waals surface area (Å²) in [7, 11) is 0. The van der Waals surface area contributed by atoms with E-state index in [1.807, 2.05) is 0 Å². The molecule has 1 aromatic carbocycles. The maximum absolute atomic E-state index is 11.6. The van der Waals surface area contributed by atoms with Gasteiger partial charge >= 0.3 is 5.97 Å². The molecule has 0 aromatic heterocycles. The van der Waals surface area contributed by atoms with E-state index in [0.717, 1.165) is 6.08 Å². The molecule has 1 N–H and O–H groups in total. The molecule has 18 heavy (non-hydrogen) atoms. The van der Waals surface area contributed by atoms with Gasteiger partial charge in [0, 0.05) is 18.6 Å². The number of esters is 1. The first kappa shape index (κ1) is 13.6. The van der Waals surface area contributed by atoms with Crippen molar-refractivity contribution in [3.05, 3.63) is 41.7 Å². The first-order chi connectivity index (χ1) is 8.52. The van der Waals surface area contributed by atoms with Crippen molar-refractivity contribution in [1.82, 2.24) is 0 Å². The number of carbonyl (C=O) groups excluding carboxylic acids is 3. The van der Waals surface area contributed by atoms with Crippen LogP contribution in [-0.2, 0) is 14.3 Å². The maximum Gasteiger partial charge on any atom is 0.307 e. The van der Waals surface area contributed by atoms with Crippen molar-refractivity contribution in [3.8, 4) is 0 Å². The summed E-state index contributed by atoms with van der Waals surface area (Å²) >= 11 is 0. The van der Waals surface area contributed by atoms with E-state index < -0.39 is 11.9 Å². The van der Waals surface area contributed by atoms with Crippen molar-refractivity contribution in [1.29, 1.82) is 0 Å². The standard InChI is InChI=1S/C13H13NO4/c1-9(18-10(2)16)7-13(17)14-12-6-4-3-5-11(12)8-15/h3-8H,1-2H3,(H,14,17). The average molecular weight is 247 g/mol. The second-order valence-electron chi connectivity index (χ2n) is 3.54. The lowest BCUT2D eigenvalue weighted by Crippen LogP contribution is -2.11. The fraction of sp³-hybridized carbons (Fsp3) is 0.154. The molecule has 1 rings (SSSR count). The third kappa shape index (κ3) is 4.21. The van der Waals surface area contributed by atoms with Gasteiger partial charge in [0.25, 0.3) is 5.91 Å². The summed E-state index contributed by atoms with van der Waals surface area (Å²) in [6.07, 6.45) is 1.79. The summed E-state index contributed by atoms with van der Waals surface area (Å²) in [5.74, 6) is -0.781. The van der Waals surface area contributed by atoms with Gasteiger partial charge in [-0.25, -0.2) is 0 Å². The average Bonchev–Trinajstić information content (AvgIpc) is 2.28. The number of anilines is 1. The molecule has 0 unspecified atom stereocenters. The highest BCUT2D eigenvalue weighted by Crippen LogP contribution is 2.12. The van der Waals surface area contributed by atoms with E-state index in [2.05, 4.69) is 5.32 Å². The number of hydrogen-bond acceptors (Lipinski definition) is 4. The fourth-order valence-electron chi connectivity index (χ4n) is 1.32. The minimum absolute atomic E-state index is 0.184. The van der Waals surface area contributed by atoms with E-state index in [-0.39, 0.29) is 5.76 Å². The predicted molar refractivity (Wildman–Crippen MR) is 66.0 cm³/mol. The predicted octanol–water partition coefficient (Wildman–Crippen LogP) is 1.90. The molecular weight excluding hydrogens is 234 g/mol. The summed E-state index contributed by atoms with van der Waals surface area (Å²) < 4.78 is 4.71. The zero-order valence-corrected chi connectivity index (χ0v) is 10.1. The van der Waals surface area contributed by atoms with Gasteiger partial charge in [0.15, 0.2) is 6.29 Å². The highest BCUT2D eigenvalue weighted by atomic mass is 16.5. The van der Waals surface area contributed by atoms with E-state index >= 15 is 0 Å². The number of benzene rings is 1. The molecule has 0 saturated carbocycles. The van der Waals surface area contributed by atoms with Crippen LogP contribution in [0.2, 0.25) is 0 Å². The second kappa shape index (κ2) is 6.34. The number of ether oxygens (including phenoxy) is 1. The first-order valence-corrected chi connectivity index (χ1v) is 5.25. The molecule has 0 atom stereocenters. The van der Waals surface area contributed by atoms with Gasteiger partial charge in [-0.05, 0) is 19.1 Å². The van der Waals surface area contributed by atoms with Crippen LogP contribution in [0.4, 0.5) is 5.69 Å². The third-order valence-corrected chi connectivity index (χ3v) is 1.98. The summed E-state index contributed by atoms with van der Waals surface area (Å²) in [5, 5.41) is 2.53. The van der Waals surface area contributed by atoms with Gasteiger partial charge < -0.3 is 10.1 Å². The second-order valence-corrected chi connectivity index (χ2v) is 3.54. The number of nitrogens with one attached hydrogen (secondary N) is 1. The number of rotatable bonds is 4. The normalized spacial score (nSPS) is 10.7. The molecule has 0 heterocycles. The molecule has 0 fully saturated rings. The Labute approximate surface area is 104 Å². The van der Waals surface area contributed by atoms with Crippen LogP contribution in [0.15, 0.2) is 36.1 Å². The van der Waals surface area contributed by atoms with Crippen LogP contribution in [0.5, 0.6) is 0 Å². The lowest BCUT2D eigenvalue weighted by molar-refractivity contribution is -0.136. The van der Waals surface area contributed by atoms with Crippen LogP contribution in [0, 0.1) is 0 Å². The molecule has 5 nitrogen and oxygen atoms in total. The van der Waals surface area contributed by atoms with Gasteiger partial charge in [-0.1, -0.05) is 12.1 Å². The third-order valence-electron chi connectivity index (χ3n) is 1.98. The SMILES string of the molecule is CC(=O)OC(C)=CC(=O)Nc1ccccc1C=O. The van der Waals surface area contributed by atoms with Gasteiger partial charge in [-0.3, -0.25) is 14.4 Å². The highest BCUT2D eigenvalue weighted by Gasteiger charge is 2.05. The van der Waals surface area contributed by atoms with Crippen molar-refractivity contribution >= 4 is 23.9 Å². The summed E-state index contributed by atoms with van der Waals surface area (Å²) in [6, 6.07) is 6.59. The fourth-order valence-corrected chi connectivity index (χ4v) is 1.32. The number of carbonyl (C=O) groups is 3. The van der Waals surface area contributed by atoms with Crippen LogP contribution in [-0.4, -0.2) is 18.2 Å². The van der Waals surface area contributed by atoms with E-state index in [1.54, 1.807) is 24.3 Å². The number of allylic oxidation sites excluding steroid dienone is 1. The maximum atomic E-state index is 11.6. The zero-order chi connectivity index (χ0) is 13.5. The van der Waals surface area contributed by atoms with Crippen LogP contribution >= 0.6 is 0 Å². The molecule has 0 aliphatic carbocycles. The lowest BCUT2D eigenvalue weighted by Gasteiger charge is -2.05. The van der Waals surface area contributed by atoms with Gasteiger partial charge in [-0.15, -0.1) is 0 Å². The summed E-state index contributed by atoms with van der Waals surface area (Å²) in [4.78, 5) is 33.0.